The van der Waals surface area contributed by atoms with E-state index in [1.165, 1.54) is 12.0 Å². The number of carboxylic acid groups (broad SMARTS) is 1. The van der Waals surface area contributed by atoms with E-state index in [1.807, 2.05) is 19.1 Å². The van der Waals surface area contributed by atoms with Gasteiger partial charge in [0.05, 0.1) is 12.3 Å². The molecule has 1 unspecified atom stereocenters. The van der Waals surface area contributed by atoms with Gasteiger partial charge < -0.3 is 19.3 Å². The number of ether oxygens (including phenoxy) is 1. The van der Waals surface area contributed by atoms with Crippen LogP contribution in [0.2, 0.25) is 0 Å². The van der Waals surface area contributed by atoms with Gasteiger partial charge in [-0.3, -0.25) is 9.69 Å². The van der Waals surface area contributed by atoms with Crippen molar-refractivity contribution in [3.63, 3.8) is 0 Å². The molecule has 0 spiro atoms. The van der Waals surface area contributed by atoms with Crippen LogP contribution in [0.1, 0.15) is 75.0 Å². The summed E-state index contributed by atoms with van der Waals surface area (Å²) in [4.78, 5) is 17.5. The number of fused-ring (bicyclic) bond motifs is 1. The maximum absolute atomic E-state index is 12.5. The van der Waals surface area contributed by atoms with Gasteiger partial charge in [0.25, 0.3) is 0 Å². The third-order valence-electron chi connectivity index (χ3n) is 9.69. The third kappa shape index (κ3) is 5.77. The molecule has 1 N–H and O–H groups in total. The normalized spacial score (nSPS) is 24.4. The molecule has 0 bridgehead atoms. The minimum absolute atomic E-state index is 0.277. The summed E-state index contributed by atoms with van der Waals surface area (Å²) in [7, 11) is 0. The van der Waals surface area contributed by atoms with E-state index in [0.717, 1.165) is 93.7 Å². The largest absolute Gasteiger partial charge is 0.494 e. The monoisotopic (exact) mass is 545 g/mol. The molecule has 3 fully saturated rings. The van der Waals surface area contributed by atoms with Gasteiger partial charge in [-0.05, 0) is 75.2 Å². The first-order chi connectivity index (χ1) is 19.6. The predicted octanol–water partition coefficient (Wildman–Crippen LogP) is 6.16. The van der Waals surface area contributed by atoms with Gasteiger partial charge in [0.1, 0.15) is 11.8 Å². The minimum Gasteiger partial charge on any atom is -0.494 e. The Hall–Kier alpha value is -2.90. The molecule has 3 aliphatic rings. The van der Waals surface area contributed by atoms with E-state index in [0.29, 0.717) is 24.4 Å². The molecule has 40 heavy (non-hydrogen) atoms. The van der Waals surface area contributed by atoms with Gasteiger partial charge in [0.2, 0.25) is 0 Å². The molecule has 6 rings (SSSR count). The molecule has 7 nitrogen and oxygen atoms in total. The molecule has 1 aliphatic carbocycles. The van der Waals surface area contributed by atoms with Crippen molar-refractivity contribution in [1.82, 2.24) is 15.0 Å². The lowest BCUT2D eigenvalue weighted by Gasteiger charge is -2.35. The standard InChI is InChI=1S/C33H43N3O4/c1-2-39-27-13-14-28-30(19-27)40-34-31(28)24-15-17-35(18-16-24)20-26-21-36(22-29(26)23-9-5-3-6-10-23)32(33(37)38)25-11-7-4-8-12-25/h3,5-6,9-10,13-14,19,24-26,29,32H,2,4,7-8,11-12,15-18,20-22H2,1H3,(H,37,38)/t26-,29?,32+/m0/s1. The highest BCUT2D eigenvalue weighted by atomic mass is 16.5. The lowest BCUT2D eigenvalue weighted by atomic mass is 9.83. The SMILES string of the molecule is CCOc1ccc2c(C3CCN(C[C@H]4CN([C@@H](C(=O)O)C5CCCCC5)CC4c4ccccc4)CC3)noc2c1. The summed E-state index contributed by atoms with van der Waals surface area (Å²) in [6, 6.07) is 16.5. The molecule has 1 saturated carbocycles. The van der Waals surface area contributed by atoms with Gasteiger partial charge in [-0.25, -0.2) is 0 Å². The summed E-state index contributed by atoms with van der Waals surface area (Å²) in [6.07, 6.45) is 7.78. The quantitative estimate of drug-likeness (QED) is 0.345. The summed E-state index contributed by atoms with van der Waals surface area (Å²) >= 11 is 0. The number of benzene rings is 2. The maximum Gasteiger partial charge on any atom is 0.321 e. The molecule has 2 aromatic carbocycles. The number of aliphatic carboxylic acids is 1. The van der Waals surface area contributed by atoms with Crippen LogP contribution in [0.5, 0.6) is 5.75 Å². The highest BCUT2D eigenvalue weighted by Crippen LogP contribution is 2.40. The zero-order valence-electron chi connectivity index (χ0n) is 23.7. The number of carboxylic acids is 1. The number of likely N-dealkylation sites (tertiary alicyclic amines) is 2. The highest BCUT2D eigenvalue weighted by molar-refractivity contribution is 5.81. The molecular weight excluding hydrogens is 502 g/mol. The minimum atomic E-state index is -0.631. The molecule has 2 aliphatic heterocycles. The van der Waals surface area contributed by atoms with Crippen LogP contribution in [0.4, 0.5) is 0 Å². The van der Waals surface area contributed by atoms with Gasteiger partial charge in [0, 0.05) is 42.9 Å². The van der Waals surface area contributed by atoms with Crippen molar-refractivity contribution in [3.05, 3.63) is 59.8 Å². The van der Waals surface area contributed by atoms with Crippen LogP contribution < -0.4 is 4.74 Å². The van der Waals surface area contributed by atoms with E-state index < -0.39 is 5.97 Å². The second kappa shape index (κ2) is 12.3. The topological polar surface area (TPSA) is 79.0 Å². The molecule has 3 atom stereocenters. The van der Waals surface area contributed by atoms with Crippen LogP contribution in [0.3, 0.4) is 0 Å². The Balaban J connectivity index is 1.13. The number of nitrogens with zero attached hydrogens (tertiary/aromatic N) is 3. The van der Waals surface area contributed by atoms with Crippen molar-refractivity contribution in [1.29, 1.82) is 0 Å². The first kappa shape index (κ1) is 27.3. The summed E-state index contributed by atoms with van der Waals surface area (Å²) in [6.45, 7) is 7.38. The molecule has 2 saturated heterocycles. The number of rotatable bonds is 9. The smallest absolute Gasteiger partial charge is 0.321 e. The van der Waals surface area contributed by atoms with Crippen LogP contribution in [-0.4, -0.2) is 71.4 Å². The first-order valence-corrected chi connectivity index (χ1v) is 15.4. The predicted molar refractivity (Wildman–Crippen MR) is 156 cm³/mol. The zero-order valence-corrected chi connectivity index (χ0v) is 23.7. The van der Waals surface area contributed by atoms with Gasteiger partial charge in [0.15, 0.2) is 5.58 Å². The van der Waals surface area contributed by atoms with E-state index in [1.54, 1.807) is 0 Å². The molecule has 1 aromatic heterocycles. The summed E-state index contributed by atoms with van der Waals surface area (Å²) < 4.78 is 11.3. The molecule has 0 radical (unpaired) electrons. The van der Waals surface area contributed by atoms with Crippen molar-refractivity contribution < 1.29 is 19.2 Å². The number of aromatic nitrogens is 1. The fraction of sp³-hybridized carbons (Fsp3) is 0.576. The zero-order chi connectivity index (χ0) is 27.5. The van der Waals surface area contributed by atoms with E-state index in [-0.39, 0.29) is 12.0 Å². The van der Waals surface area contributed by atoms with Crippen molar-refractivity contribution in [3.8, 4) is 5.75 Å². The number of carbonyl (C=O) groups is 1. The van der Waals surface area contributed by atoms with Gasteiger partial charge >= 0.3 is 5.97 Å². The van der Waals surface area contributed by atoms with E-state index >= 15 is 0 Å². The summed E-state index contributed by atoms with van der Waals surface area (Å²) in [5.41, 5.74) is 3.22. The van der Waals surface area contributed by atoms with Crippen LogP contribution in [0.25, 0.3) is 11.0 Å². The molecule has 3 aromatic rings. The van der Waals surface area contributed by atoms with Crippen molar-refractivity contribution in [2.75, 3.05) is 39.3 Å². The Morgan fingerprint density at radius 1 is 1.05 bits per heavy atom. The van der Waals surface area contributed by atoms with E-state index in [9.17, 15) is 9.90 Å². The van der Waals surface area contributed by atoms with Gasteiger partial charge in [-0.1, -0.05) is 54.8 Å². The highest BCUT2D eigenvalue weighted by Gasteiger charge is 2.43. The van der Waals surface area contributed by atoms with Crippen LogP contribution in [-0.2, 0) is 4.79 Å². The van der Waals surface area contributed by atoms with E-state index in [4.69, 9.17) is 9.26 Å². The fourth-order valence-electron chi connectivity index (χ4n) is 7.71. The lowest BCUT2D eigenvalue weighted by molar-refractivity contribution is -0.145. The Kier molecular flexibility index (Phi) is 8.40. The second-order valence-electron chi connectivity index (χ2n) is 12.1. The van der Waals surface area contributed by atoms with Crippen molar-refractivity contribution in [2.45, 2.75) is 69.7 Å². The molecule has 3 heterocycles. The van der Waals surface area contributed by atoms with Crippen LogP contribution in [0.15, 0.2) is 53.1 Å². The molecule has 214 valence electrons. The second-order valence-corrected chi connectivity index (χ2v) is 12.1. The van der Waals surface area contributed by atoms with Crippen molar-refractivity contribution >= 4 is 16.9 Å². The summed E-state index contributed by atoms with van der Waals surface area (Å²) in [5.74, 6) is 1.65. The number of hydrogen-bond donors (Lipinski definition) is 1. The summed E-state index contributed by atoms with van der Waals surface area (Å²) in [5, 5.41) is 15.9. The average Bonchev–Trinajstić information content (AvgIpc) is 3.59. The lowest BCUT2D eigenvalue weighted by Crippen LogP contribution is -2.46. The van der Waals surface area contributed by atoms with E-state index in [2.05, 4.69) is 51.4 Å². The fourth-order valence-corrected chi connectivity index (χ4v) is 7.71. The molecule has 7 heteroatoms. The first-order valence-electron chi connectivity index (χ1n) is 15.4. The molecular formula is C33H43N3O4. The van der Waals surface area contributed by atoms with Crippen molar-refractivity contribution in [2.24, 2.45) is 11.8 Å². The number of piperidine rings is 1. The van der Waals surface area contributed by atoms with Crippen LogP contribution in [0, 0.1) is 11.8 Å². The third-order valence-corrected chi connectivity index (χ3v) is 9.69. The average molecular weight is 546 g/mol. The van der Waals surface area contributed by atoms with Crippen LogP contribution >= 0.6 is 0 Å². The Bertz CT molecular complexity index is 1260. The Morgan fingerprint density at radius 2 is 1.82 bits per heavy atom. The van der Waals surface area contributed by atoms with Gasteiger partial charge in [-0.15, -0.1) is 0 Å². The Labute approximate surface area is 237 Å². The number of hydrogen-bond acceptors (Lipinski definition) is 6. The Morgan fingerprint density at radius 3 is 2.55 bits per heavy atom. The maximum atomic E-state index is 12.5. The van der Waals surface area contributed by atoms with Gasteiger partial charge in [-0.2, -0.15) is 0 Å². The molecule has 0 amide bonds.